The molecule has 0 aromatic carbocycles. The van der Waals surface area contributed by atoms with Gasteiger partial charge in [0, 0.05) is 12.1 Å². The molecule has 1 heterocycles. The lowest BCUT2D eigenvalue weighted by Crippen LogP contribution is -2.54. The summed E-state index contributed by atoms with van der Waals surface area (Å²) in [4.78, 5) is 2.30. The Morgan fingerprint density at radius 2 is 2.24 bits per heavy atom. The largest absolute Gasteiger partial charge is 0.373 e. The van der Waals surface area contributed by atoms with Gasteiger partial charge in [0.25, 0.3) is 0 Å². The third-order valence-electron chi connectivity index (χ3n) is 3.79. The number of aryl methyl sites for hydroxylation is 1. The molecule has 1 aromatic rings. The first-order chi connectivity index (χ1) is 8.09. The first-order valence-corrected chi connectivity index (χ1v) is 6.64. The molecule has 0 saturated heterocycles. The molecule has 0 atom stereocenters. The van der Waals surface area contributed by atoms with Crippen LogP contribution in [0.3, 0.4) is 0 Å². The van der Waals surface area contributed by atoms with Crippen LogP contribution in [-0.4, -0.2) is 35.5 Å². The highest BCUT2D eigenvalue weighted by molar-refractivity contribution is 7.10. The van der Waals surface area contributed by atoms with Gasteiger partial charge in [0.2, 0.25) is 0 Å². The van der Waals surface area contributed by atoms with Gasteiger partial charge in [-0.15, -0.1) is 0 Å². The van der Waals surface area contributed by atoms with Crippen molar-refractivity contribution in [1.29, 1.82) is 5.26 Å². The quantitative estimate of drug-likeness (QED) is 0.890. The van der Waals surface area contributed by atoms with Crippen LogP contribution in [0.1, 0.15) is 30.5 Å². The zero-order valence-electron chi connectivity index (χ0n) is 10.6. The normalized spacial score (nSPS) is 17.6. The van der Waals surface area contributed by atoms with Crippen LogP contribution in [0, 0.1) is 18.3 Å². The maximum atomic E-state index is 9.06. The number of hydrogen-bond donors (Lipinski definition) is 1. The summed E-state index contributed by atoms with van der Waals surface area (Å²) in [5.74, 6) is 0. The van der Waals surface area contributed by atoms with E-state index in [1.807, 2.05) is 6.92 Å². The van der Waals surface area contributed by atoms with E-state index in [4.69, 9.17) is 5.26 Å². The van der Waals surface area contributed by atoms with Gasteiger partial charge in [-0.3, -0.25) is 0 Å². The number of nitrogens with one attached hydrogen (secondary N) is 1. The second-order valence-electron chi connectivity index (χ2n) is 4.91. The highest BCUT2D eigenvalue weighted by Crippen LogP contribution is 2.37. The minimum atomic E-state index is 0.268. The van der Waals surface area contributed by atoms with Crippen molar-refractivity contribution in [3.05, 3.63) is 11.3 Å². The van der Waals surface area contributed by atoms with Crippen LogP contribution in [-0.2, 0) is 0 Å². The molecular formula is C12H18N4S. The first-order valence-electron chi connectivity index (χ1n) is 5.87. The summed E-state index contributed by atoms with van der Waals surface area (Å²) in [6, 6.07) is 2.22. The fourth-order valence-electron chi connectivity index (χ4n) is 2.23. The lowest BCUT2D eigenvalue weighted by molar-refractivity contribution is 0.0740. The van der Waals surface area contributed by atoms with E-state index in [1.165, 1.54) is 30.8 Å². The zero-order chi connectivity index (χ0) is 12.5. The van der Waals surface area contributed by atoms with Crippen LogP contribution in [0.15, 0.2) is 0 Å². The SMILES string of the molecule is Cc1nsc(NCC2(N(C)C)CCC2)c1C#N. The van der Waals surface area contributed by atoms with Gasteiger partial charge in [0.15, 0.2) is 0 Å². The molecular weight excluding hydrogens is 232 g/mol. The minimum absolute atomic E-state index is 0.268. The number of likely N-dealkylation sites (N-methyl/N-ethyl adjacent to an activating group) is 1. The molecule has 92 valence electrons. The molecule has 1 aromatic heterocycles. The van der Waals surface area contributed by atoms with Crippen LogP contribution in [0.4, 0.5) is 5.00 Å². The van der Waals surface area contributed by atoms with Gasteiger partial charge >= 0.3 is 0 Å². The Bertz CT molecular complexity index is 440. The summed E-state index contributed by atoms with van der Waals surface area (Å²) in [6.45, 7) is 2.78. The highest BCUT2D eigenvalue weighted by Gasteiger charge is 2.38. The Balaban J connectivity index is 2.05. The molecule has 0 bridgehead atoms. The molecule has 4 nitrogen and oxygen atoms in total. The van der Waals surface area contributed by atoms with Gasteiger partial charge in [-0.25, -0.2) is 0 Å². The fraction of sp³-hybridized carbons (Fsp3) is 0.667. The fourth-order valence-corrected chi connectivity index (χ4v) is 2.97. The van der Waals surface area contributed by atoms with Gasteiger partial charge < -0.3 is 10.2 Å². The molecule has 1 aliphatic rings. The van der Waals surface area contributed by atoms with Crippen molar-refractivity contribution in [2.75, 3.05) is 26.0 Å². The van der Waals surface area contributed by atoms with Crippen molar-refractivity contribution in [3.63, 3.8) is 0 Å². The number of anilines is 1. The zero-order valence-corrected chi connectivity index (χ0v) is 11.4. The molecule has 1 aliphatic carbocycles. The van der Waals surface area contributed by atoms with Crippen molar-refractivity contribution >= 4 is 16.5 Å². The third-order valence-corrected chi connectivity index (χ3v) is 4.68. The van der Waals surface area contributed by atoms with Crippen LogP contribution >= 0.6 is 11.5 Å². The highest BCUT2D eigenvalue weighted by atomic mass is 32.1. The molecule has 17 heavy (non-hydrogen) atoms. The summed E-state index contributed by atoms with van der Waals surface area (Å²) < 4.78 is 4.22. The van der Waals surface area contributed by atoms with E-state index in [9.17, 15) is 0 Å². The maximum Gasteiger partial charge on any atom is 0.127 e. The minimum Gasteiger partial charge on any atom is -0.373 e. The van der Waals surface area contributed by atoms with E-state index >= 15 is 0 Å². The summed E-state index contributed by atoms with van der Waals surface area (Å²) in [6.07, 6.45) is 3.76. The van der Waals surface area contributed by atoms with Crippen molar-refractivity contribution in [1.82, 2.24) is 9.27 Å². The standard InChI is InChI=1S/C12H18N4S/c1-9-10(7-13)11(17-15-9)14-8-12(16(2)3)5-4-6-12/h14H,4-6,8H2,1-3H3. The summed E-state index contributed by atoms with van der Waals surface area (Å²) in [5, 5.41) is 13.4. The van der Waals surface area contributed by atoms with Crippen molar-refractivity contribution < 1.29 is 0 Å². The van der Waals surface area contributed by atoms with E-state index in [0.717, 1.165) is 17.2 Å². The van der Waals surface area contributed by atoms with Crippen LogP contribution in [0.5, 0.6) is 0 Å². The number of nitrogens with zero attached hydrogens (tertiary/aromatic N) is 3. The van der Waals surface area contributed by atoms with E-state index in [-0.39, 0.29) is 5.54 Å². The number of hydrogen-bond acceptors (Lipinski definition) is 5. The first kappa shape index (κ1) is 12.3. The molecule has 2 rings (SSSR count). The van der Waals surface area contributed by atoms with Gasteiger partial charge in [0.1, 0.15) is 16.6 Å². The maximum absolute atomic E-state index is 9.06. The molecule has 1 saturated carbocycles. The second-order valence-corrected chi connectivity index (χ2v) is 5.68. The van der Waals surface area contributed by atoms with Crippen molar-refractivity contribution in [3.8, 4) is 6.07 Å². The predicted molar refractivity (Wildman–Crippen MR) is 70.3 cm³/mol. The van der Waals surface area contributed by atoms with Crippen LogP contribution < -0.4 is 5.32 Å². The average molecular weight is 250 g/mol. The molecule has 5 heteroatoms. The Kier molecular flexibility index (Phi) is 3.36. The van der Waals surface area contributed by atoms with E-state index in [2.05, 4.69) is 34.8 Å². The van der Waals surface area contributed by atoms with Gasteiger partial charge in [-0.2, -0.15) is 9.64 Å². The molecule has 0 radical (unpaired) electrons. The van der Waals surface area contributed by atoms with Crippen molar-refractivity contribution in [2.45, 2.75) is 31.7 Å². The number of nitriles is 1. The van der Waals surface area contributed by atoms with Crippen LogP contribution in [0.2, 0.25) is 0 Å². The van der Waals surface area contributed by atoms with Crippen LogP contribution in [0.25, 0.3) is 0 Å². The number of rotatable bonds is 4. The smallest absolute Gasteiger partial charge is 0.127 e. The summed E-state index contributed by atoms with van der Waals surface area (Å²) >= 11 is 1.39. The van der Waals surface area contributed by atoms with Gasteiger partial charge in [-0.05, 0) is 51.8 Å². The van der Waals surface area contributed by atoms with E-state index in [0.29, 0.717) is 5.56 Å². The average Bonchev–Trinajstić information content (AvgIpc) is 2.57. The number of aromatic nitrogens is 1. The Morgan fingerprint density at radius 1 is 1.53 bits per heavy atom. The van der Waals surface area contributed by atoms with E-state index in [1.54, 1.807) is 0 Å². The summed E-state index contributed by atoms with van der Waals surface area (Å²) in [7, 11) is 4.26. The van der Waals surface area contributed by atoms with E-state index < -0.39 is 0 Å². The molecule has 0 amide bonds. The molecule has 0 unspecified atom stereocenters. The molecule has 1 N–H and O–H groups in total. The van der Waals surface area contributed by atoms with Gasteiger partial charge in [-0.1, -0.05) is 0 Å². The Labute approximate surface area is 106 Å². The lowest BCUT2D eigenvalue weighted by Gasteiger charge is -2.47. The van der Waals surface area contributed by atoms with Gasteiger partial charge in [0.05, 0.1) is 5.69 Å². The second kappa shape index (κ2) is 4.63. The molecule has 0 aliphatic heterocycles. The molecule has 0 spiro atoms. The lowest BCUT2D eigenvalue weighted by atomic mass is 9.75. The Morgan fingerprint density at radius 3 is 2.71 bits per heavy atom. The summed E-state index contributed by atoms with van der Waals surface area (Å²) in [5.41, 5.74) is 1.79. The third kappa shape index (κ3) is 2.15. The molecule has 1 fully saturated rings. The van der Waals surface area contributed by atoms with Crippen molar-refractivity contribution in [2.24, 2.45) is 0 Å². The Hall–Kier alpha value is -1.12. The topological polar surface area (TPSA) is 52.0 Å². The monoisotopic (exact) mass is 250 g/mol. The predicted octanol–water partition coefficient (Wildman–Crippen LogP) is 2.22.